The molecule has 0 aromatic carbocycles. The lowest BCUT2D eigenvalue weighted by Crippen LogP contribution is -1.97. The molecule has 0 fully saturated rings. The molecule has 0 bridgehead atoms. The molecule has 0 N–H and O–H groups in total. The summed E-state index contributed by atoms with van der Waals surface area (Å²) in [6.45, 7) is 18.2. The molecule has 21 heavy (non-hydrogen) atoms. The van der Waals surface area contributed by atoms with E-state index >= 15 is 0 Å². The minimum atomic E-state index is 0.987. The first-order chi connectivity index (χ1) is 9.96. The Bertz CT molecular complexity index is 470. The van der Waals surface area contributed by atoms with Crippen LogP contribution in [0.5, 0.6) is 0 Å². The van der Waals surface area contributed by atoms with Crippen LogP contribution in [0.25, 0.3) is 0 Å². The molecule has 0 radical (unpaired) electrons. The molecule has 0 saturated carbocycles. The van der Waals surface area contributed by atoms with Crippen molar-refractivity contribution in [3.8, 4) is 0 Å². The van der Waals surface area contributed by atoms with Crippen molar-refractivity contribution < 1.29 is 0 Å². The normalized spacial score (nSPS) is 14.3. The Morgan fingerprint density at radius 2 is 1.71 bits per heavy atom. The van der Waals surface area contributed by atoms with Crippen LogP contribution in [0.4, 0.5) is 0 Å². The van der Waals surface area contributed by atoms with Crippen LogP contribution in [-0.4, -0.2) is 5.71 Å². The van der Waals surface area contributed by atoms with E-state index < -0.39 is 0 Å². The lowest BCUT2D eigenvalue weighted by molar-refractivity contribution is 0.713. The highest BCUT2D eigenvalue weighted by Crippen LogP contribution is 2.17. The first-order valence-electron chi connectivity index (χ1n) is 7.82. The standard InChI is InChI=1S/C20H31N/c1-8-11-12-13-17(6)14-20(18(7)21-10-3)15-19(9-2)16(4)5/h9-10,14-15H,3-4,8,11-13H2,1-2,5-7H3/b17-14+,19-9+,20-15+,21-18?. The summed E-state index contributed by atoms with van der Waals surface area (Å²) in [4.78, 5) is 4.33. The number of rotatable bonds is 9. The van der Waals surface area contributed by atoms with Gasteiger partial charge < -0.3 is 0 Å². The Morgan fingerprint density at radius 1 is 1.05 bits per heavy atom. The van der Waals surface area contributed by atoms with Crippen LogP contribution in [0.2, 0.25) is 0 Å². The molecule has 0 spiro atoms. The lowest BCUT2D eigenvalue weighted by atomic mass is 9.99. The molecule has 0 rings (SSSR count). The highest BCUT2D eigenvalue weighted by atomic mass is 14.7. The van der Waals surface area contributed by atoms with E-state index in [1.54, 1.807) is 6.20 Å². The van der Waals surface area contributed by atoms with E-state index in [0.717, 1.165) is 28.9 Å². The minimum absolute atomic E-state index is 0.987. The first-order valence-corrected chi connectivity index (χ1v) is 7.82. The molecule has 0 aliphatic heterocycles. The summed E-state index contributed by atoms with van der Waals surface area (Å²) in [6, 6.07) is 0. The molecular formula is C20H31N. The summed E-state index contributed by atoms with van der Waals surface area (Å²) >= 11 is 0. The zero-order chi connectivity index (χ0) is 16.3. The van der Waals surface area contributed by atoms with Gasteiger partial charge in [0.2, 0.25) is 0 Å². The van der Waals surface area contributed by atoms with Gasteiger partial charge in [0, 0.05) is 11.9 Å². The number of hydrogen-bond acceptors (Lipinski definition) is 1. The van der Waals surface area contributed by atoms with Gasteiger partial charge in [-0.3, -0.25) is 4.99 Å². The molecular weight excluding hydrogens is 254 g/mol. The van der Waals surface area contributed by atoms with Crippen molar-refractivity contribution in [2.45, 2.75) is 60.3 Å². The van der Waals surface area contributed by atoms with E-state index in [1.165, 1.54) is 24.8 Å². The maximum absolute atomic E-state index is 4.33. The second kappa shape index (κ2) is 11.1. The monoisotopic (exact) mass is 285 g/mol. The van der Waals surface area contributed by atoms with Gasteiger partial charge in [-0.05, 0) is 57.8 Å². The largest absolute Gasteiger partial charge is 0.262 e. The van der Waals surface area contributed by atoms with Gasteiger partial charge >= 0.3 is 0 Å². The highest BCUT2D eigenvalue weighted by Gasteiger charge is 2.02. The van der Waals surface area contributed by atoms with Gasteiger partial charge in [0.05, 0.1) is 0 Å². The molecule has 0 saturated heterocycles. The van der Waals surface area contributed by atoms with E-state index in [-0.39, 0.29) is 0 Å². The molecule has 0 aliphatic carbocycles. The van der Waals surface area contributed by atoms with Crippen LogP contribution in [0.15, 0.2) is 64.9 Å². The predicted octanol–water partition coefficient (Wildman–Crippen LogP) is 6.57. The summed E-state index contributed by atoms with van der Waals surface area (Å²) in [5.41, 5.74) is 5.74. The molecule has 0 aliphatic rings. The van der Waals surface area contributed by atoms with Crippen LogP contribution in [0.1, 0.15) is 60.3 Å². The average Bonchev–Trinajstić information content (AvgIpc) is 2.43. The fourth-order valence-corrected chi connectivity index (χ4v) is 2.07. The van der Waals surface area contributed by atoms with Crippen molar-refractivity contribution in [1.29, 1.82) is 0 Å². The van der Waals surface area contributed by atoms with E-state index in [0.29, 0.717) is 0 Å². The highest BCUT2D eigenvalue weighted by molar-refractivity contribution is 6.01. The second-order valence-corrected chi connectivity index (χ2v) is 5.47. The number of unbranched alkanes of at least 4 members (excludes halogenated alkanes) is 2. The molecule has 0 aromatic rings. The Balaban J connectivity index is 5.39. The van der Waals surface area contributed by atoms with E-state index in [1.807, 2.05) is 20.8 Å². The number of allylic oxidation sites excluding steroid dienone is 7. The maximum Gasteiger partial charge on any atom is 0.0444 e. The summed E-state index contributed by atoms with van der Waals surface area (Å²) in [7, 11) is 0. The predicted molar refractivity (Wildman–Crippen MR) is 97.9 cm³/mol. The quantitative estimate of drug-likeness (QED) is 0.258. The Labute approximate surface area is 131 Å². The molecule has 0 atom stereocenters. The van der Waals surface area contributed by atoms with Crippen LogP contribution < -0.4 is 0 Å². The summed E-state index contributed by atoms with van der Waals surface area (Å²) in [5.74, 6) is 0. The zero-order valence-corrected chi connectivity index (χ0v) is 14.5. The summed E-state index contributed by atoms with van der Waals surface area (Å²) < 4.78 is 0. The Morgan fingerprint density at radius 3 is 2.19 bits per heavy atom. The van der Waals surface area contributed by atoms with Gasteiger partial charge in [-0.2, -0.15) is 0 Å². The third-order valence-corrected chi connectivity index (χ3v) is 3.39. The van der Waals surface area contributed by atoms with Crippen molar-refractivity contribution in [1.82, 2.24) is 0 Å². The van der Waals surface area contributed by atoms with Crippen molar-refractivity contribution in [3.05, 3.63) is 59.9 Å². The van der Waals surface area contributed by atoms with Crippen molar-refractivity contribution in [2.24, 2.45) is 4.99 Å². The van der Waals surface area contributed by atoms with Gasteiger partial charge in [-0.25, -0.2) is 0 Å². The molecule has 0 aromatic heterocycles. The van der Waals surface area contributed by atoms with Crippen molar-refractivity contribution >= 4 is 5.71 Å². The van der Waals surface area contributed by atoms with Crippen molar-refractivity contribution in [3.63, 3.8) is 0 Å². The number of nitrogens with zero attached hydrogens (tertiary/aromatic N) is 1. The molecule has 1 heteroatoms. The SMILES string of the molecule is C=CN=C(C)C(/C=C(\C)CCCCC)=C/C(=C\C)C(=C)C. The molecule has 0 amide bonds. The second-order valence-electron chi connectivity index (χ2n) is 5.47. The van der Waals surface area contributed by atoms with E-state index in [9.17, 15) is 0 Å². The molecule has 0 heterocycles. The fraction of sp³-hybridized carbons (Fsp3) is 0.450. The third kappa shape index (κ3) is 8.29. The molecule has 116 valence electrons. The van der Waals surface area contributed by atoms with Crippen LogP contribution in [0.3, 0.4) is 0 Å². The van der Waals surface area contributed by atoms with Gasteiger partial charge in [0.15, 0.2) is 0 Å². The minimum Gasteiger partial charge on any atom is -0.262 e. The Hall–Kier alpha value is -1.63. The summed E-state index contributed by atoms with van der Waals surface area (Å²) in [6.07, 6.45) is 13.0. The number of aliphatic imine (C=N–C) groups is 1. The van der Waals surface area contributed by atoms with Gasteiger partial charge in [0.25, 0.3) is 0 Å². The van der Waals surface area contributed by atoms with Crippen molar-refractivity contribution in [2.75, 3.05) is 0 Å². The molecule has 0 unspecified atom stereocenters. The number of hydrogen-bond donors (Lipinski definition) is 0. The van der Waals surface area contributed by atoms with E-state index in [4.69, 9.17) is 0 Å². The fourth-order valence-electron chi connectivity index (χ4n) is 2.07. The zero-order valence-electron chi connectivity index (χ0n) is 14.5. The Kier molecular flexibility index (Phi) is 10.2. The smallest absolute Gasteiger partial charge is 0.0444 e. The summed E-state index contributed by atoms with van der Waals surface area (Å²) in [5, 5.41) is 0. The van der Waals surface area contributed by atoms with Gasteiger partial charge in [-0.15, -0.1) is 0 Å². The average molecular weight is 285 g/mol. The van der Waals surface area contributed by atoms with Gasteiger partial charge in [0.1, 0.15) is 0 Å². The maximum atomic E-state index is 4.33. The van der Waals surface area contributed by atoms with Crippen LogP contribution in [-0.2, 0) is 0 Å². The van der Waals surface area contributed by atoms with E-state index in [2.05, 4.69) is 50.2 Å². The van der Waals surface area contributed by atoms with Crippen LogP contribution in [0, 0.1) is 0 Å². The van der Waals surface area contributed by atoms with Gasteiger partial charge in [-0.1, -0.05) is 56.2 Å². The first kappa shape index (κ1) is 19.4. The third-order valence-electron chi connectivity index (χ3n) is 3.39. The molecule has 1 nitrogen and oxygen atoms in total. The topological polar surface area (TPSA) is 12.4 Å². The lowest BCUT2D eigenvalue weighted by Gasteiger charge is -2.08. The van der Waals surface area contributed by atoms with Crippen LogP contribution >= 0.6 is 0 Å².